The summed E-state index contributed by atoms with van der Waals surface area (Å²) in [7, 11) is 1.53. The molecule has 19 heavy (non-hydrogen) atoms. The number of carbonyl (C=O) groups is 2. The van der Waals surface area contributed by atoms with Crippen molar-refractivity contribution in [1.82, 2.24) is 4.90 Å². The Morgan fingerprint density at radius 3 is 3.00 bits per heavy atom. The summed E-state index contributed by atoms with van der Waals surface area (Å²) in [5.41, 5.74) is 1.04. The highest BCUT2D eigenvalue weighted by Gasteiger charge is 2.46. The van der Waals surface area contributed by atoms with Gasteiger partial charge >= 0.3 is 5.97 Å². The van der Waals surface area contributed by atoms with Crippen LogP contribution in [0.25, 0.3) is 0 Å². The number of benzene rings is 1. The van der Waals surface area contributed by atoms with Gasteiger partial charge in [0.2, 0.25) is 0 Å². The molecule has 5 nitrogen and oxygen atoms in total. The Hall–Kier alpha value is -1.69. The van der Waals surface area contributed by atoms with Crippen LogP contribution in [0.3, 0.4) is 0 Å². The number of amides is 1. The van der Waals surface area contributed by atoms with E-state index in [2.05, 4.69) is 0 Å². The van der Waals surface area contributed by atoms with Crippen molar-refractivity contribution >= 4 is 23.6 Å². The SMILES string of the molecule is COc1ccc2c(c1)C(=O)N1CCS[C@@H]1[C@@H]2C(=O)O. The van der Waals surface area contributed by atoms with Gasteiger partial charge in [-0.1, -0.05) is 6.07 Å². The second-order valence-corrected chi connectivity index (χ2v) is 5.75. The molecule has 0 saturated carbocycles. The molecular formula is C13H13NO4S. The van der Waals surface area contributed by atoms with E-state index in [0.717, 1.165) is 5.75 Å². The van der Waals surface area contributed by atoms with Crippen LogP contribution < -0.4 is 4.74 Å². The molecule has 3 rings (SSSR count). The summed E-state index contributed by atoms with van der Waals surface area (Å²) in [6.45, 7) is 0.606. The summed E-state index contributed by atoms with van der Waals surface area (Å²) in [6, 6.07) is 5.03. The molecule has 2 aliphatic rings. The monoisotopic (exact) mass is 279 g/mol. The van der Waals surface area contributed by atoms with Gasteiger partial charge in [-0.3, -0.25) is 9.59 Å². The van der Waals surface area contributed by atoms with Crippen molar-refractivity contribution < 1.29 is 19.4 Å². The fraction of sp³-hybridized carbons (Fsp3) is 0.385. The highest BCUT2D eigenvalue weighted by atomic mass is 32.2. The van der Waals surface area contributed by atoms with E-state index in [9.17, 15) is 14.7 Å². The lowest BCUT2D eigenvalue weighted by Gasteiger charge is -2.35. The summed E-state index contributed by atoms with van der Waals surface area (Å²) in [4.78, 5) is 25.6. The van der Waals surface area contributed by atoms with Crippen LogP contribution >= 0.6 is 11.8 Å². The zero-order valence-corrected chi connectivity index (χ0v) is 11.1. The second-order valence-electron chi connectivity index (χ2n) is 4.53. The lowest BCUT2D eigenvalue weighted by atomic mass is 9.89. The zero-order chi connectivity index (χ0) is 13.6. The lowest BCUT2D eigenvalue weighted by Crippen LogP contribution is -2.45. The minimum Gasteiger partial charge on any atom is -0.497 e. The van der Waals surface area contributed by atoms with Crippen LogP contribution in [-0.4, -0.2) is 46.7 Å². The van der Waals surface area contributed by atoms with Crippen molar-refractivity contribution in [1.29, 1.82) is 0 Å². The van der Waals surface area contributed by atoms with Gasteiger partial charge in [0.25, 0.3) is 5.91 Å². The third-order valence-electron chi connectivity index (χ3n) is 3.57. The molecule has 0 spiro atoms. The van der Waals surface area contributed by atoms with E-state index in [1.54, 1.807) is 23.1 Å². The summed E-state index contributed by atoms with van der Waals surface area (Å²) in [5, 5.41) is 9.18. The van der Waals surface area contributed by atoms with E-state index in [-0.39, 0.29) is 11.3 Å². The van der Waals surface area contributed by atoms with E-state index >= 15 is 0 Å². The van der Waals surface area contributed by atoms with Crippen LogP contribution in [-0.2, 0) is 4.79 Å². The summed E-state index contributed by atoms with van der Waals surface area (Å²) < 4.78 is 5.11. The van der Waals surface area contributed by atoms with Crippen molar-refractivity contribution in [3.8, 4) is 5.75 Å². The molecule has 0 unspecified atom stereocenters. The van der Waals surface area contributed by atoms with Crippen LogP contribution in [0.5, 0.6) is 5.75 Å². The molecule has 1 fully saturated rings. The molecule has 0 bridgehead atoms. The zero-order valence-electron chi connectivity index (χ0n) is 10.3. The number of nitrogens with zero attached hydrogens (tertiary/aromatic N) is 1. The van der Waals surface area contributed by atoms with Crippen LogP contribution in [0.15, 0.2) is 18.2 Å². The predicted molar refractivity (Wildman–Crippen MR) is 70.7 cm³/mol. The Labute approximate surface area is 114 Å². The molecule has 0 radical (unpaired) electrons. The van der Waals surface area contributed by atoms with Crippen molar-refractivity contribution in [3.05, 3.63) is 29.3 Å². The second kappa shape index (κ2) is 4.45. The first-order chi connectivity index (χ1) is 9.13. The third-order valence-corrected chi connectivity index (χ3v) is 4.85. The largest absolute Gasteiger partial charge is 0.497 e. The Morgan fingerprint density at radius 2 is 2.32 bits per heavy atom. The topological polar surface area (TPSA) is 66.8 Å². The maximum Gasteiger partial charge on any atom is 0.314 e. The molecule has 1 aromatic rings. The number of fused-ring (bicyclic) bond motifs is 2. The van der Waals surface area contributed by atoms with E-state index < -0.39 is 11.9 Å². The number of thioether (sulfide) groups is 1. The number of carboxylic acids is 1. The highest BCUT2D eigenvalue weighted by molar-refractivity contribution is 8.00. The average Bonchev–Trinajstić information content (AvgIpc) is 2.87. The predicted octanol–water partition coefficient (Wildman–Crippen LogP) is 1.39. The van der Waals surface area contributed by atoms with Gasteiger partial charge in [0.05, 0.1) is 12.5 Å². The normalized spacial score (nSPS) is 24.9. The van der Waals surface area contributed by atoms with Crippen molar-refractivity contribution in [3.63, 3.8) is 0 Å². The van der Waals surface area contributed by atoms with Crippen molar-refractivity contribution in [2.45, 2.75) is 11.3 Å². The van der Waals surface area contributed by atoms with Crippen molar-refractivity contribution in [2.24, 2.45) is 0 Å². The average molecular weight is 279 g/mol. The van der Waals surface area contributed by atoms with Gasteiger partial charge in [-0.25, -0.2) is 0 Å². The van der Waals surface area contributed by atoms with Crippen LogP contribution in [0.1, 0.15) is 21.8 Å². The minimum atomic E-state index is -0.886. The standard InChI is InChI=1S/C13H13NO4S/c1-18-7-2-3-8-9(6-7)11(15)14-4-5-19-12(14)10(8)13(16)17/h2-3,6,10,12H,4-5H2,1H3,(H,16,17)/t10-,12-/m1/s1. The molecule has 1 N–H and O–H groups in total. The highest BCUT2D eigenvalue weighted by Crippen LogP contribution is 2.43. The van der Waals surface area contributed by atoms with E-state index in [4.69, 9.17) is 4.74 Å². The maximum absolute atomic E-state index is 12.4. The van der Waals surface area contributed by atoms with E-state index in [1.165, 1.54) is 18.9 Å². The van der Waals surface area contributed by atoms with Gasteiger partial charge < -0.3 is 14.7 Å². The molecule has 1 aromatic carbocycles. The number of carbonyl (C=O) groups excluding carboxylic acids is 1. The van der Waals surface area contributed by atoms with Crippen LogP contribution in [0.4, 0.5) is 0 Å². The maximum atomic E-state index is 12.4. The first-order valence-corrected chi connectivity index (χ1v) is 7.01. The molecule has 2 atom stereocenters. The molecule has 100 valence electrons. The molecule has 1 amide bonds. The van der Waals surface area contributed by atoms with Crippen LogP contribution in [0, 0.1) is 0 Å². The molecule has 0 aromatic heterocycles. The van der Waals surface area contributed by atoms with Gasteiger partial charge in [-0.2, -0.15) is 0 Å². The number of carboxylic acid groups (broad SMARTS) is 1. The number of aliphatic carboxylic acids is 1. The molecule has 2 aliphatic heterocycles. The first kappa shape index (κ1) is 12.3. The Morgan fingerprint density at radius 1 is 1.53 bits per heavy atom. The molecule has 2 heterocycles. The number of methoxy groups -OCH3 is 1. The quantitative estimate of drug-likeness (QED) is 0.886. The molecule has 1 saturated heterocycles. The third kappa shape index (κ3) is 1.78. The smallest absolute Gasteiger partial charge is 0.314 e. The molecule has 6 heteroatoms. The molecular weight excluding hydrogens is 266 g/mol. The summed E-state index contributed by atoms with van der Waals surface area (Å²) in [5.74, 6) is -0.289. The Bertz CT molecular complexity index is 560. The van der Waals surface area contributed by atoms with Crippen LogP contribution in [0.2, 0.25) is 0 Å². The van der Waals surface area contributed by atoms with Gasteiger partial charge in [-0.15, -0.1) is 11.8 Å². The lowest BCUT2D eigenvalue weighted by molar-refractivity contribution is -0.139. The van der Waals surface area contributed by atoms with Gasteiger partial charge in [0, 0.05) is 17.9 Å². The fourth-order valence-corrected chi connectivity index (χ4v) is 4.04. The number of hydrogen-bond acceptors (Lipinski definition) is 4. The number of ether oxygens (including phenoxy) is 1. The van der Waals surface area contributed by atoms with Gasteiger partial charge in [-0.05, 0) is 17.7 Å². The number of hydrogen-bond donors (Lipinski definition) is 1. The summed E-state index contributed by atoms with van der Waals surface area (Å²) in [6.07, 6.45) is 0. The minimum absolute atomic E-state index is 0.0959. The fourth-order valence-electron chi connectivity index (χ4n) is 2.66. The van der Waals surface area contributed by atoms with Gasteiger partial charge in [0.15, 0.2) is 0 Å². The van der Waals surface area contributed by atoms with E-state index in [0.29, 0.717) is 23.4 Å². The van der Waals surface area contributed by atoms with Gasteiger partial charge in [0.1, 0.15) is 11.7 Å². The van der Waals surface area contributed by atoms with Crippen molar-refractivity contribution in [2.75, 3.05) is 19.4 Å². The summed E-state index contributed by atoms with van der Waals surface area (Å²) >= 11 is 1.53. The Balaban J connectivity index is 2.16. The Kier molecular flexibility index (Phi) is 2.89. The first-order valence-electron chi connectivity index (χ1n) is 5.97. The molecule has 0 aliphatic carbocycles. The number of rotatable bonds is 2. The van der Waals surface area contributed by atoms with E-state index in [1.807, 2.05) is 0 Å².